The molecule has 2 rings (SSSR count). The van der Waals surface area contributed by atoms with Crippen molar-refractivity contribution in [3.05, 3.63) is 63.7 Å². The van der Waals surface area contributed by atoms with Crippen molar-refractivity contribution in [3.63, 3.8) is 0 Å². The van der Waals surface area contributed by atoms with E-state index < -0.39 is 0 Å². The monoisotopic (exact) mass is 259 g/mol. The van der Waals surface area contributed by atoms with Crippen molar-refractivity contribution >= 4 is 17.3 Å². The van der Waals surface area contributed by atoms with Gasteiger partial charge in [0.05, 0.1) is 10.7 Å². The molecule has 0 radical (unpaired) electrons. The van der Waals surface area contributed by atoms with E-state index in [4.69, 9.17) is 11.6 Å². The minimum Gasteiger partial charge on any atom is -0.380 e. The second-order valence-electron chi connectivity index (χ2n) is 4.66. The Morgan fingerprint density at radius 3 is 2.06 bits per heavy atom. The molecule has 0 aliphatic carbocycles. The first-order chi connectivity index (χ1) is 8.59. The lowest BCUT2D eigenvalue weighted by atomic mass is 10.0. The molecule has 0 amide bonds. The van der Waals surface area contributed by atoms with Crippen molar-refractivity contribution in [1.29, 1.82) is 0 Å². The Morgan fingerprint density at radius 2 is 1.44 bits per heavy atom. The van der Waals surface area contributed by atoms with Gasteiger partial charge in [-0.2, -0.15) is 0 Å². The average molecular weight is 260 g/mol. The van der Waals surface area contributed by atoms with Crippen LogP contribution in [-0.4, -0.2) is 0 Å². The molecule has 0 saturated heterocycles. The van der Waals surface area contributed by atoms with Crippen LogP contribution in [0.2, 0.25) is 5.02 Å². The molecule has 0 saturated carbocycles. The van der Waals surface area contributed by atoms with E-state index in [-0.39, 0.29) is 0 Å². The molecule has 0 atom stereocenters. The van der Waals surface area contributed by atoms with Crippen LogP contribution in [0.4, 0.5) is 5.69 Å². The standard InChI is InChI=1S/C16H18ClN/c1-11-6-4-7-12(2)14(11)10-18-16-13(3)8-5-9-15(16)17/h4-9,18H,10H2,1-3H3. The molecule has 0 aliphatic heterocycles. The van der Waals surface area contributed by atoms with Gasteiger partial charge in [-0.3, -0.25) is 0 Å². The number of benzene rings is 2. The van der Waals surface area contributed by atoms with Crippen molar-refractivity contribution in [1.82, 2.24) is 0 Å². The molecule has 2 aromatic rings. The van der Waals surface area contributed by atoms with Gasteiger partial charge in [-0.15, -0.1) is 0 Å². The highest BCUT2D eigenvalue weighted by atomic mass is 35.5. The molecule has 18 heavy (non-hydrogen) atoms. The van der Waals surface area contributed by atoms with Crippen LogP contribution in [0.25, 0.3) is 0 Å². The number of hydrogen-bond acceptors (Lipinski definition) is 1. The molecule has 1 nitrogen and oxygen atoms in total. The largest absolute Gasteiger partial charge is 0.380 e. The van der Waals surface area contributed by atoms with Gasteiger partial charge in [-0.1, -0.05) is 41.9 Å². The third-order valence-corrected chi connectivity index (χ3v) is 3.62. The van der Waals surface area contributed by atoms with E-state index in [1.807, 2.05) is 12.1 Å². The van der Waals surface area contributed by atoms with E-state index in [9.17, 15) is 0 Å². The summed E-state index contributed by atoms with van der Waals surface area (Å²) >= 11 is 6.21. The molecule has 2 aromatic carbocycles. The molecule has 1 N–H and O–H groups in total. The minimum absolute atomic E-state index is 0.779. The Bertz CT molecular complexity index is 469. The Hall–Kier alpha value is -1.47. The van der Waals surface area contributed by atoms with Gasteiger partial charge in [0.1, 0.15) is 0 Å². The van der Waals surface area contributed by atoms with Gasteiger partial charge in [-0.05, 0) is 49.1 Å². The number of nitrogens with one attached hydrogen (secondary N) is 1. The van der Waals surface area contributed by atoms with Gasteiger partial charge in [0.25, 0.3) is 0 Å². The molecule has 0 spiro atoms. The Morgan fingerprint density at radius 1 is 0.889 bits per heavy atom. The Kier molecular flexibility index (Phi) is 3.93. The first-order valence-corrected chi connectivity index (χ1v) is 6.51. The number of aryl methyl sites for hydroxylation is 3. The van der Waals surface area contributed by atoms with Gasteiger partial charge >= 0.3 is 0 Å². The zero-order valence-electron chi connectivity index (χ0n) is 11.0. The summed E-state index contributed by atoms with van der Waals surface area (Å²) in [7, 11) is 0. The summed E-state index contributed by atoms with van der Waals surface area (Å²) in [6, 6.07) is 12.3. The summed E-state index contributed by atoms with van der Waals surface area (Å²) in [5.41, 5.74) is 6.17. The van der Waals surface area contributed by atoms with Crippen LogP contribution in [0, 0.1) is 20.8 Å². The van der Waals surface area contributed by atoms with Crippen LogP contribution < -0.4 is 5.32 Å². The van der Waals surface area contributed by atoms with Crippen LogP contribution in [0.15, 0.2) is 36.4 Å². The fourth-order valence-corrected chi connectivity index (χ4v) is 2.45. The quantitative estimate of drug-likeness (QED) is 0.829. The molecule has 0 heterocycles. The van der Waals surface area contributed by atoms with Crippen molar-refractivity contribution in [2.75, 3.05) is 5.32 Å². The van der Waals surface area contributed by atoms with Crippen molar-refractivity contribution in [2.24, 2.45) is 0 Å². The van der Waals surface area contributed by atoms with E-state index in [1.165, 1.54) is 22.3 Å². The molecule has 0 fully saturated rings. The number of anilines is 1. The first-order valence-electron chi connectivity index (χ1n) is 6.13. The number of para-hydroxylation sites is 1. The fraction of sp³-hybridized carbons (Fsp3) is 0.250. The third kappa shape index (κ3) is 2.68. The number of halogens is 1. The summed E-state index contributed by atoms with van der Waals surface area (Å²) in [5.74, 6) is 0. The fourth-order valence-electron chi connectivity index (χ4n) is 2.16. The number of hydrogen-bond donors (Lipinski definition) is 1. The second-order valence-corrected chi connectivity index (χ2v) is 5.06. The summed E-state index contributed by atoms with van der Waals surface area (Å²) in [4.78, 5) is 0. The third-order valence-electron chi connectivity index (χ3n) is 3.31. The van der Waals surface area contributed by atoms with Crippen LogP contribution in [0.3, 0.4) is 0 Å². The first kappa shape index (κ1) is 13.0. The maximum Gasteiger partial charge on any atom is 0.0640 e. The van der Waals surface area contributed by atoms with E-state index in [0.29, 0.717) is 0 Å². The molecule has 94 valence electrons. The van der Waals surface area contributed by atoms with E-state index in [2.05, 4.69) is 50.4 Å². The zero-order chi connectivity index (χ0) is 13.1. The predicted octanol–water partition coefficient (Wildman–Crippen LogP) is 4.88. The zero-order valence-corrected chi connectivity index (χ0v) is 11.8. The van der Waals surface area contributed by atoms with E-state index in [1.54, 1.807) is 0 Å². The van der Waals surface area contributed by atoms with Gasteiger partial charge in [0, 0.05) is 6.54 Å². The van der Waals surface area contributed by atoms with E-state index >= 15 is 0 Å². The van der Waals surface area contributed by atoms with E-state index in [0.717, 1.165) is 17.3 Å². The lowest BCUT2D eigenvalue weighted by Gasteiger charge is -2.14. The summed E-state index contributed by atoms with van der Waals surface area (Å²) in [5, 5.41) is 4.23. The lowest BCUT2D eigenvalue weighted by molar-refractivity contribution is 1.08. The number of rotatable bonds is 3. The minimum atomic E-state index is 0.779. The summed E-state index contributed by atoms with van der Waals surface area (Å²) in [6.07, 6.45) is 0. The molecule has 0 bridgehead atoms. The summed E-state index contributed by atoms with van der Waals surface area (Å²) in [6.45, 7) is 7.16. The molecule has 0 aliphatic rings. The normalized spacial score (nSPS) is 10.4. The maximum atomic E-state index is 6.21. The van der Waals surface area contributed by atoms with Crippen molar-refractivity contribution in [2.45, 2.75) is 27.3 Å². The Labute approximate surface area is 114 Å². The van der Waals surface area contributed by atoms with Crippen LogP contribution in [-0.2, 0) is 6.54 Å². The Balaban J connectivity index is 2.22. The topological polar surface area (TPSA) is 12.0 Å². The smallest absolute Gasteiger partial charge is 0.0640 e. The van der Waals surface area contributed by atoms with Gasteiger partial charge < -0.3 is 5.32 Å². The van der Waals surface area contributed by atoms with Crippen molar-refractivity contribution in [3.8, 4) is 0 Å². The van der Waals surface area contributed by atoms with Crippen LogP contribution in [0.5, 0.6) is 0 Å². The van der Waals surface area contributed by atoms with Crippen LogP contribution in [0.1, 0.15) is 22.3 Å². The SMILES string of the molecule is Cc1cccc(C)c1CNc1c(C)cccc1Cl. The van der Waals surface area contributed by atoms with Gasteiger partial charge in [-0.25, -0.2) is 0 Å². The highest BCUT2D eigenvalue weighted by molar-refractivity contribution is 6.33. The molecule has 0 aromatic heterocycles. The predicted molar refractivity (Wildman–Crippen MR) is 79.4 cm³/mol. The summed E-state index contributed by atoms with van der Waals surface area (Å²) < 4.78 is 0. The van der Waals surface area contributed by atoms with Gasteiger partial charge in [0.2, 0.25) is 0 Å². The molecule has 0 unspecified atom stereocenters. The molecule has 2 heteroatoms. The van der Waals surface area contributed by atoms with Gasteiger partial charge in [0.15, 0.2) is 0 Å². The highest BCUT2D eigenvalue weighted by Gasteiger charge is 2.05. The molecular weight excluding hydrogens is 242 g/mol. The van der Waals surface area contributed by atoms with Crippen LogP contribution >= 0.6 is 11.6 Å². The average Bonchev–Trinajstić information content (AvgIpc) is 2.31. The second kappa shape index (κ2) is 5.45. The molecular formula is C16H18ClN. The lowest BCUT2D eigenvalue weighted by Crippen LogP contribution is -2.05. The van der Waals surface area contributed by atoms with Crippen molar-refractivity contribution < 1.29 is 0 Å². The maximum absolute atomic E-state index is 6.21. The highest BCUT2D eigenvalue weighted by Crippen LogP contribution is 2.26.